The van der Waals surface area contributed by atoms with Crippen LogP contribution in [0.3, 0.4) is 0 Å². The van der Waals surface area contributed by atoms with Crippen molar-refractivity contribution in [2.45, 2.75) is 38.3 Å². The van der Waals surface area contributed by atoms with Gasteiger partial charge in [-0.2, -0.15) is 0 Å². The maximum Gasteiger partial charge on any atom is 0.246 e. The molecule has 3 aromatic rings. The standard InChI is InChI=1S/C26H26ClN3O2/c1-3-25(32)29-13-19(14-29)28-24(31)15-30-16(2)26(22-12-18(27)10-11-23(22)30)21-7-5-4-6-20(21)17-8-9-17/h3-7,10-12,17,19H,1,8-9,13-15H2,2H3,(H,28,31). The van der Waals surface area contributed by atoms with Crippen molar-refractivity contribution in [2.24, 2.45) is 0 Å². The van der Waals surface area contributed by atoms with Crippen molar-refractivity contribution in [1.29, 1.82) is 0 Å². The molecule has 1 saturated heterocycles. The van der Waals surface area contributed by atoms with E-state index in [2.05, 4.69) is 47.7 Å². The van der Waals surface area contributed by atoms with Crippen LogP contribution in [0.1, 0.15) is 30.0 Å². The Labute approximate surface area is 192 Å². The third kappa shape index (κ3) is 3.71. The number of aromatic nitrogens is 1. The zero-order chi connectivity index (χ0) is 22.4. The molecule has 1 saturated carbocycles. The Morgan fingerprint density at radius 3 is 2.66 bits per heavy atom. The summed E-state index contributed by atoms with van der Waals surface area (Å²) >= 11 is 6.38. The highest BCUT2D eigenvalue weighted by Gasteiger charge is 2.31. The molecular weight excluding hydrogens is 422 g/mol. The molecule has 0 bridgehead atoms. The highest BCUT2D eigenvalue weighted by atomic mass is 35.5. The summed E-state index contributed by atoms with van der Waals surface area (Å²) in [4.78, 5) is 26.2. The number of hydrogen-bond acceptors (Lipinski definition) is 2. The lowest BCUT2D eigenvalue weighted by molar-refractivity contribution is -0.133. The van der Waals surface area contributed by atoms with Gasteiger partial charge in [0.05, 0.1) is 6.04 Å². The molecule has 0 radical (unpaired) electrons. The van der Waals surface area contributed by atoms with Crippen molar-refractivity contribution in [2.75, 3.05) is 13.1 Å². The Hall–Kier alpha value is -3.05. The van der Waals surface area contributed by atoms with Gasteiger partial charge in [0.2, 0.25) is 11.8 Å². The van der Waals surface area contributed by atoms with E-state index in [1.807, 2.05) is 18.2 Å². The van der Waals surface area contributed by atoms with Gasteiger partial charge in [-0.1, -0.05) is 42.4 Å². The van der Waals surface area contributed by atoms with Gasteiger partial charge in [0.25, 0.3) is 0 Å². The molecule has 0 spiro atoms. The van der Waals surface area contributed by atoms with Crippen LogP contribution in [-0.4, -0.2) is 40.4 Å². The smallest absolute Gasteiger partial charge is 0.246 e. The van der Waals surface area contributed by atoms with Crippen LogP contribution in [0.25, 0.3) is 22.0 Å². The van der Waals surface area contributed by atoms with E-state index in [0.717, 1.165) is 22.2 Å². The van der Waals surface area contributed by atoms with E-state index >= 15 is 0 Å². The van der Waals surface area contributed by atoms with Crippen molar-refractivity contribution < 1.29 is 9.59 Å². The number of benzene rings is 2. The maximum absolute atomic E-state index is 12.9. The Balaban J connectivity index is 1.46. The summed E-state index contributed by atoms with van der Waals surface area (Å²) in [5.41, 5.74) is 5.82. The second kappa shape index (κ2) is 8.14. The Bertz CT molecular complexity index is 1240. The molecule has 2 heterocycles. The maximum atomic E-state index is 12.9. The summed E-state index contributed by atoms with van der Waals surface area (Å²) in [6, 6.07) is 14.4. The molecule has 1 N–H and O–H groups in total. The van der Waals surface area contributed by atoms with Crippen molar-refractivity contribution in [3.8, 4) is 11.1 Å². The van der Waals surface area contributed by atoms with E-state index in [0.29, 0.717) is 24.0 Å². The van der Waals surface area contributed by atoms with Gasteiger partial charge in [0.1, 0.15) is 6.54 Å². The van der Waals surface area contributed by atoms with Crippen LogP contribution in [0.15, 0.2) is 55.1 Å². The lowest BCUT2D eigenvalue weighted by Crippen LogP contribution is -2.61. The van der Waals surface area contributed by atoms with Gasteiger partial charge in [-0.15, -0.1) is 0 Å². The number of halogens is 1. The molecule has 5 nitrogen and oxygen atoms in total. The molecule has 1 aromatic heterocycles. The molecule has 1 aliphatic heterocycles. The summed E-state index contributed by atoms with van der Waals surface area (Å²) in [6.07, 6.45) is 3.76. The first-order valence-corrected chi connectivity index (χ1v) is 11.4. The summed E-state index contributed by atoms with van der Waals surface area (Å²) in [5.74, 6) is 0.461. The molecule has 32 heavy (non-hydrogen) atoms. The number of carbonyl (C=O) groups is 2. The van der Waals surface area contributed by atoms with Gasteiger partial charge < -0.3 is 14.8 Å². The zero-order valence-corrected chi connectivity index (χ0v) is 18.9. The molecule has 2 amide bonds. The molecule has 2 aromatic carbocycles. The third-order valence-electron chi connectivity index (χ3n) is 6.57. The van der Waals surface area contributed by atoms with Gasteiger partial charge in [-0.25, -0.2) is 0 Å². The van der Waals surface area contributed by atoms with Crippen molar-refractivity contribution >= 4 is 34.3 Å². The van der Waals surface area contributed by atoms with Gasteiger partial charge in [0.15, 0.2) is 0 Å². The summed E-state index contributed by atoms with van der Waals surface area (Å²) < 4.78 is 2.07. The van der Waals surface area contributed by atoms with Crippen molar-refractivity contribution in [3.05, 3.63) is 71.4 Å². The molecule has 164 valence electrons. The van der Waals surface area contributed by atoms with Crippen LogP contribution in [0.4, 0.5) is 0 Å². The van der Waals surface area contributed by atoms with Crippen molar-refractivity contribution in [1.82, 2.24) is 14.8 Å². The van der Waals surface area contributed by atoms with E-state index in [-0.39, 0.29) is 24.4 Å². The number of nitrogens with zero attached hydrogens (tertiary/aromatic N) is 2. The molecule has 2 fully saturated rings. The Morgan fingerprint density at radius 1 is 1.19 bits per heavy atom. The van der Waals surface area contributed by atoms with Crippen LogP contribution in [0.5, 0.6) is 0 Å². The average molecular weight is 448 g/mol. The molecule has 6 heteroatoms. The van der Waals surface area contributed by atoms with Crippen LogP contribution in [0.2, 0.25) is 5.02 Å². The van der Waals surface area contributed by atoms with Gasteiger partial charge in [0, 0.05) is 40.3 Å². The van der Waals surface area contributed by atoms with E-state index in [4.69, 9.17) is 11.6 Å². The van der Waals surface area contributed by atoms with Crippen molar-refractivity contribution in [3.63, 3.8) is 0 Å². The number of carbonyl (C=O) groups excluding carboxylic acids is 2. The van der Waals surface area contributed by atoms with Crippen LogP contribution < -0.4 is 5.32 Å². The molecule has 5 rings (SSSR count). The lowest BCUT2D eigenvalue weighted by atomic mass is 9.95. The minimum atomic E-state index is -0.0985. The van der Waals surface area contributed by atoms with Gasteiger partial charge in [-0.05, 0) is 61.1 Å². The Kier molecular flexibility index (Phi) is 5.30. The van der Waals surface area contributed by atoms with Crippen LogP contribution >= 0.6 is 11.6 Å². The minimum Gasteiger partial charge on any atom is -0.348 e. The predicted octanol–water partition coefficient (Wildman–Crippen LogP) is 4.66. The third-order valence-corrected chi connectivity index (χ3v) is 6.80. The lowest BCUT2D eigenvalue weighted by Gasteiger charge is -2.38. The molecule has 0 unspecified atom stereocenters. The zero-order valence-electron chi connectivity index (χ0n) is 18.1. The number of rotatable bonds is 6. The fourth-order valence-corrected chi connectivity index (χ4v) is 4.94. The monoisotopic (exact) mass is 447 g/mol. The normalized spacial score (nSPS) is 16.1. The second-order valence-electron chi connectivity index (χ2n) is 8.78. The number of likely N-dealkylation sites (tertiary alicyclic amines) is 1. The van der Waals surface area contributed by atoms with Crippen LogP contribution in [0, 0.1) is 6.92 Å². The highest BCUT2D eigenvalue weighted by molar-refractivity contribution is 6.31. The fraction of sp³-hybridized carbons (Fsp3) is 0.308. The topological polar surface area (TPSA) is 54.3 Å². The van der Waals surface area contributed by atoms with Gasteiger partial charge >= 0.3 is 0 Å². The summed E-state index contributed by atoms with van der Waals surface area (Å²) in [7, 11) is 0. The molecular formula is C26H26ClN3O2. The largest absolute Gasteiger partial charge is 0.348 e. The fourth-order valence-electron chi connectivity index (χ4n) is 4.77. The quantitative estimate of drug-likeness (QED) is 0.559. The van der Waals surface area contributed by atoms with E-state index < -0.39 is 0 Å². The number of hydrogen-bond donors (Lipinski definition) is 1. The summed E-state index contributed by atoms with van der Waals surface area (Å²) in [6.45, 7) is 6.86. The van der Waals surface area contributed by atoms with E-state index in [9.17, 15) is 9.59 Å². The molecule has 1 aliphatic carbocycles. The Morgan fingerprint density at radius 2 is 1.94 bits per heavy atom. The molecule has 0 atom stereocenters. The number of fused-ring (bicyclic) bond motifs is 1. The predicted molar refractivity (Wildman–Crippen MR) is 128 cm³/mol. The average Bonchev–Trinajstić information content (AvgIpc) is 3.56. The molecule has 2 aliphatic rings. The second-order valence-corrected chi connectivity index (χ2v) is 9.22. The summed E-state index contributed by atoms with van der Waals surface area (Å²) in [5, 5.41) is 4.81. The first-order chi connectivity index (χ1) is 15.5. The van der Waals surface area contributed by atoms with E-state index in [1.54, 1.807) is 4.90 Å². The van der Waals surface area contributed by atoms with E-state index in [1.165, 1.54) is 30.0 Å². The number of amides is 2. The number of nitrogens with one attached hydrogen (secondary N) is 1. The first kappa shape index (κ1) is 20.8. The van der Waals surface area contributed by atoms with Gasteiger partial charge in [-0.3, -0.25) is 9.59 Å². The highest BCUT2D eigenvalue weighted by Crippen LogP contribution is 2.47. The SMILES string of the molecule is C=CC(=O)N1CC(NC(=O)Cn2c(C)c(-c3ccccc3C3CC3)c3cc(Cl)ccc32)C1. The first-order valence-electron chi connectivity index (χ1n) is 11.0. The van der Waals surface area contributed by atoms with Crippen LogP contribution in [-0.2, 0) is 16.1 Å². The minimum absolute atomic E-state index is 0.0157.